The molecule has 0 radical (unpaired) electrons. The van der Waals surface area contributed by atoms with Crippen molar-refractivity contribution in [2.45, 2.75) is 38.0 Å². The minimum atomic E-state index is -3.41. The van der Waals surface area contributed by atoms with Crippen molar-refractivity contribution in [3.05, 3.63) is 28.2 Å². The van der Waals surface area contributed by atoms with Gasteiger partial charge < -0.3 is 0 Å². The van der Waals surface area contributed by atoms with Crippen molar-refractivity contribution in [3.63, 3.8) is 0 Å². The van der Waals surface area contributed by atoms with E-state index in [1.165, 1.54) is 6.42 Å². The molecular formula is C14H20BrNO2S. The highest BCUT2D eigenvalue weighted by atomic mass is 79.9. The highest BCUT2D eigenvalue weighted by molar-refractivity contribution is 9.10. The molecule has 1 aromatic rings. The minimum Gasteiger partial charge on any atom is -0.211 e. The molecule has 3 nitrogen and oxygen atoms in total. The molecule has 1 fully saturated rings. The van der Waals surface area contributed by atoms with Gasteiger partial charge in [0, 0.05) is 11.0 Å². The standard InChI is InChI=1S/C14H20BrNO2S/c1-10-3-5-12(7-10)9-16-19(17,18)14-6-4-11(2)8-13(14)15/h4,6,8,10,12,16H,3,5,7,9H2,1-2H3. The van der Waals surface area contributed by atoms with Gasteiger partial charge in [0.2, 0.25) is 10.0 Å². The van der Waals surface area contributed by atoms with Crippen LogP contribution in [-0.4, -0.2) is 15.0 Å². The summed E-state index contributed by atoms with van der Waals surface area (Å²) < 4.78 is 27.9. The van der Waals surface area contributed by atoms with Crippen LogP contribution in [0, 0.1) is 18.8 Å². The number of benzene rings is 1. The van der Waals surface area contributed by atoms with Gasteiger partial charge in [-0.2, -0.15) is 0 Å². The fraction of sp³-hybridized carbons (Fsp3) is 0.571. The van der Waals surface area contributed by atoms with E-state index in [9.17, 15) is 8.42 Å². The lowest BCUT2D eigenvalue weighted by Gasteiger charge is -2.13. The van der Waals surface area contributed by atoms with Gasteiger partial charge in [-0.05, 0) is 65.2 Å². The first-order valence-corrected chi connectivity index (χ1v) is 8.92. The predicted molar refractivity (Wildman–Crippen MR) is 80.6 cm³/mol. The van der Waals surface area contributed by atoms with Gasteiger partial charge in [-0.1, -0.05) is 19.4 Å². The van der Waals surface area contributed by atoms with Crippen LogP contribution in [0.3, 0.4) is 0 Å². The SMILES string of the molecule is Cc1ccc(S(=O)(=O)NCC2CCC(C)C2)c(Br)c1. The maximum atomic E-state index is 12.3. The molecule has 1 N–H and O–H groups in total. The number of halogens is 1. The topological polar surface area (TPSA) is 46.2 Å². The predicted octanol–water partition coefficient (Wildman–Crippen LogP) is 3.47. The molecule has 1 aliphatic rings. The van der Waals surface area contributed by atoms with Crippen molar-refractivity contribution in [3.8, 4) is 0 Å². The van der Waals surface area contributed by atoms with E-state index in [1.54, 1.807) is 6.07 Å². The van der Waals surface area contributed by atoms with Crippen LogP contribution < -0.4 is 4.72 Å². The zero-order valence-corrected chi connectivity index (χ0v) is 13.7. The van der Waals surface area contributed by atoms with Crippen molar-refractivity contribution in [2.24, 2.45) is 11.8 Å². The first kappa shape index (κ1) is 15.0. The highest BCUT2D eigenvalue weighted by Gasteiger charge is 2.24. The summed E-state index contributed by atoms with van der Waals surface area (Å²) in [5.41, 5.74) is 1.04. The molecule has 5 heteroatoms. The molecule has 106 valence electrons. The van der Waals surface area contributed by atoms with Crippen LogP contribution in [0.15, 0.2) is 27.6 Å². The molecule has 0 spiro atoms. The number of nitrogens with one attached hydrogen (secondary N) is 1. The third-order valence-electron chi connectivity index (χ3n) is 3.74. The van der Waals surface area contributed by atoms with E-state index in [4.69, 9.17) is 0 Å². The Balaban J connectivity index is 2.06. The second kappa shape index (κ2) is 5.94. The van der Waals surface area contributed by atoms with Gasteiger partial charge in [-0.25, -0.2) is 13.1 Å². The summed E-state index contributed by atoms with van der Waals surface area (Å²) in [6.07, 6.45) is 3.46. The molecule has 2 rings (SSSR count). The summed E-state index contributed by atoms with van der Waals surface area (Å²) in [5.74, 6) is 1.20. The van der Waals surface area contributed by atoms with Gasteiger partial charge in [0.05, 0.1) is 4.90 Å². The Bertz CT molecular complexity index is 557. The Labute approximate surface area is 124 Å². The second-order valence-electron chi connectivity index (χ2n) is 5.57. The van der Waals surface area contributed by atoms with Crippen molar-refractivity contribution in [1.29, 1.82) is 0 Å². The number of hydrogen-bond donors (Lipinski definition) is 1. The molecule has 2 atom stereocenters. The number of rotatable bonds is 4. The Kier molecular flexibility index (Phi) is 4.69. The number of aryl methyl sites for hydroxylation is 1. The molecule has 0 amide bonds. The molecule has 0 saturated heterocycles. The van der Waals surface area contributed by atoms with Crippen molar-refractivity contribution in [1.82, 2.24) is 4.72 Å². The third kappa shape index (κ3) is 3.80. The molecule has 0 aliphatic heterocycles. The van der Waals surface area contributed by atoms with Crippen molar-refractivity contribution < 1.29 is 8.42 Å². The Morgan fingerprint density at radius 3 is 2.68 bits per heavy atom. The van der Waals surface area contributed by atoms with Gasteiger partial charge in [0.1, 0.15) is 0 Å². The van der Waals surface area contributed by atoms with Gasteiger partial charge in [-0.15, -0.1) is 0 Å². The van der Waals surface area contributed by atoms with E-state index in [0.29, 0.717) is 21.8 Å². The summed E-state index contributed by atoms with van der Waals surface area (Å²) in [6.45, 7) is 4.71. The minimum absolute atomic E-state index is 0.323. The monoisotopic (exact) mass is 345 g/mol. The fourth-order valence-corrected chi connectivity index (χ4v) is 4.95. The van der Waals surface area contributed by atoms with E-state index >= 15 is 0 Å². The van der Waals surface area contributed by atoms with Crippen LogP contribution in [0.4, 0.5) is 0 Å². The maximum Gasteiger partial charge on any atom is 0.241 e. The van der Waals surface area contributed by atoms with Crippen LogP contribution in [0.5, 0.6) is 0 Å². The Hall–Kier alpha value is -0.390. The van der Waals surface area contributed by atoms with Crippen LogP contribution in [0.25, 0.3) is 0 Å². The molecule has 1 aliphatic carbocycles. The van der Waals surface area contributed by atoms with Gasteiger partial charge in [0.25, 0.3) is 0 Å². The molecule has 1 saturated carbocycles. The molecule has 2 unspecified atom stereocenters. The zero-order chi connectivity index (χ0) is 14.0. The van der Waals surface area contributed by atoms with Gasteiger partial charge >= 0.3 is 0 Å². The summed E-state index contributed by atoms with van der Waals surface area (Å²) in [5, 5.41) is 0. The molecule has 0 bridgehead atoms. The molecule has 0 aromatic heterocycles. The smallest absolute Gasteiger partial charge is 0.211 e. The lowest BCUT2D eigenvalue weighted by molar-refractivity contribution is 0.498. The summed E-state index contributed by atoms with van der Waals surface area (Å²) in [7, 11) is -3.41. The summed E-state index contributed by atoms with van der Waals surface area (Å²) in [4.78, 5) is 0.323. The van der Waals surface area contributed by atoms with Crippen LogP contribution in [0.1, 0.15) is 31.7 Å². The number of sulfonamides is 1. The first-order chi connectivity index (χ1) is 8.88. The largest absolute Gasteiger partial charge is 0.241 e. The maximum absolute atomic E-state index is 12.3. The lowest BCUT2D eigenvalue weighted by Crippen LogP contribution is -2.28. The van der Waals surface area contributed by atoms with Crippen LogP contribution >= 0.6 is 15.9 Å². The summed E-state index contributed by atoms with van der Waals surface area (Å²) >= 11 is 3.33. The normalized spacial score (nSPS) is 23.7. The van der Waals surface area contributed by atoms with E-state index in [1.807, 2.05) is 19.1 Å². The third-order valence-corrected chi connectivity index (χ3v) is 6.14. The van der Waals surface area contributed by atoms with E-state index < -0.39 is 10.0 Å². The fourth-order valence-electron chi connectivity index (χ4n) is 2.64. The van der Waals surface area contributed by atoms with E-state index in [0.717, 1.165) is 24.3 Å². The zero-order valence-electron chi connectivity index (χ0n) is 11.3. The average Bonchev–Trinajstić information content (AvgIpc) is 2.72. The first-order valence-electron chi connectivity index (χ1n) is 6.64. The molecule has 19 heavy (non-hydrogen) atoms. The molecule has 1 aromatic carbocycles. The van der Waals surface area contributed by atoms with Gasteiger partial charge in [0.15, 0.2) is 0 Å². The molecule has 0 heterocycles. The molecular weight excluding hydrogens is 326 g/mol. The number of hydrogen-bond acceptors (Lipinski definition) is 2. The van der Waals surface area contributed by atoms with E-state index in [-0.39, 0.29) is 0 Å². The van der Waals surface area contributed by atoms with Crippen molar-refractivity contribution in [2.75, 3.05) is 6.54 Å². The van der Waals surface area contributed by atoms with Crippen molar-refractivity contribution >= 4 is 26.0 Å². The van der Waals surface area contributed by atoms with E-state index in [2.05, 4.69) is 27.6 Å². The Morgan fingerprint density at radius 2 is 2.11 bits per heavy atom. The average molecular weight is 346 g/mol. The summed E-state index contributed by atoms with van der Waals surface area (Å²) in [6, 6.07) is 5.29. The van der Waals surface area contributed by atoms with Crippen LogP contribution in [0.2, 0.25) is 0 Å². The Morgan fingerprint density at radius 1 is 1.37 bits per heavy atom. The van der Waals surface area contributed by atoms with Crippen LogP contribution in [-0.2, 0) is 10.0 Å². The highest BCUT2D eigenvalue weighted by Crippen LogP contribution is 2.30. The quantitative estimate of drug-likeness (QED) is 0.907. The lowest BCUT2D eigenvalue weighted by atomic mass is 10.1. The van der Waals surface area contributed by atoms with Gasteiger partial charge in [-0.3, -0.25) is 0 Å². The second-order valence-corrected chi connectivity index (χ2v) is 8.16.